The molecular weight excluding hydrogens is 357 g/mol. The van der Waals surface area contributed by atoms with Crippen LogP contribution in [0.2, 0.25) is 0 Å². The van der Waals surface area contributed by atoms with Crippen LogP contribution in [0.4, 0.5) is 0 Å². The minimum Gasteiger partial charge on any atom is -0.497 e. The van der Waals surface area contributed by atoms with Crippen molar-refractivity contribution in [3.8, 4) is 16.3 Å². The normalized spacial score (nSPS) is 10.9. The first-order valence-corrected chi connectivity index (χ1v) is 7.57. The maximum absolute atomic E-state index is 12.0. The second-order valence-corrected chi connectivity index (χ2v) is 5.52. The fraction of sp³-hybridized carbons (Fsp3) is 0.333. The number of methoxy groups -OCH3 is 1. The number of rotatable bonds is 6. The average molecular weight is 378 g/mol. The third kappa shape index (κ3) is 5.99. The minimum absolute atomic E-state index is 0. The molecule has 1 amide bonds. The molecule has 0 spiro atoms. The number of nitrogens with zero attached hydrogens (tertiary/aromatic N) is 1. The summed E-state index contributed by atoms with van der Waals surface area (Å²) < 4.78 is 5.13. The van der Waals surface area contributed by atoms with E-state index in [9.17, 15) is 4.79 Å². The van der Waals surface area contributed by atoms with Gasteiger partial charge in [0, 0.05) is 23.5 Å². The highest BCUT2D eigenvalue weighted by Crippen LogP contribution is 2.25. The number of ether oxygens (including phenoxy) is 1. The second-order valence-electron chi connectivity index (χ2n) is 4.67. The van der Waals surface area contributed by atoms with E-state index in [4.69, 9.17) is 4.74 Å². The maximum Gasteiger partial charge on any atom is 0.270 e. The van der Waals surface area contributed by atoms with Crippen molar-refractivity contribution >= 4 is 42.1 Å². The van der Waals surface area contributed by atoms with Gasteiger partial charge in [0.15, 0.2) is 0 Å². The van der Waals surface area contributed by atoms with Gasteiger partial charge in [-0.2, -0.15) is 0 Å². The fourth-order valence-electron chi connectivity index (χ4n) is 1.68. The standard InChI is InChI=1S/C15H19N3O2S.2ClH/c1-10(16-2)8-17-14(19)13-9-21-15(18-13)11-4-6-12(20-3)7-5-11;;/h4-7,9-10,16H,8H2,1-3H3,(H,17,19);2*1H. The first-order valence-electron chi connectivity index (χ1n) is 6.69. The molecule has 5 nitrogen and oxygen atoms in total. The van der Waals surface area contributed by atoms with Crippen LogP contribution in [0.25, 0.3) is 10.6 Å². The predicted octanol–water partition coefficient (Wildman–Crippen LogP) is 3.00. The molecule has 0 aliphatic rings. The zero-order chi connectivity index (χ0) is 15.2. The van der Waals surface area contributed by atoms with Gasteiger partial charge >= 0.3 is 0 Å². The van der Waals surface area contributed by atoms with E-state index in [1.165, 1.54) is 11.3 Å². The van der Waals surface area contributed by atoms with E-state index >= 15 is 0 Å². The van der Waals surface area contributed by atoms with Gasteiger partial charge in [0.1, 0.15) is 16.5 Å². The van der Waals surface area contributed by atoms with Gasteiger partial charge in [0.2, 0.25) is 0 Å². The molecule has 1 unspecified atom stereocenters. The molecule has 0 aliphatic heterocycles. The Hall–Kier alpha value is -1.34. The van der Waals surface area contributed by atoms with Crippen LogP contribution in [-0.4, -0.2) is 37.6 Å². The van der Waals surface area contributed by atoms with Crippen molar-refractivity contribution in [2.24, 2.45) is 0 Å². The molecule has 2 rings (SSSR count). The first kappa shape index (κ1) is 21.7. The third-order valence-electron chi connectivity index (χ3n) is 3.14. The van der Waals surface area contributed by atoms with Gasteiger partial charge in [-0.1, -0.05) is 0 Å². The SMILES string of the molecule is CNC(C)CNC(=O)c1csc(-c2ccc(OC)cc2)n1.Cl.Cl. The van der Waals surface area contributed by atoms with E-state index in [0.29, 0.717) is 12.2 Å². The van der Waals surface area contributed by atoms with Crippen LogP contribution in [0.15, 0.2) is 29.6 Å². The molecule has 128 valence electrons. The van der Waals surface area contributed by atoms with Crippen LogP contribution < -0.4 is 15.4 Å². The second kappa shape index (κ2) is 10.4. The van der Waals surface area contributed by atoms with Gasteiger partial charge in [-0.15, -0.1) is 36.2 Å². The van der Waals surface area contributed by atoms with Crippen LogP contribution in [0, 0.1) is 0 Å². The van der Waals surface area contributed by atoms with Crippen molar-refractivity contribution in [2.75, 3.05) is 20.7 Å². The van der Waals surface area contributed by atoms with E-state index in [1.54, 1.807) is 12.5 Å². The summed E-state index contributed by atoms with van der Waals surface area (Å²) in [5.74, 6) is 0.655. The summed E-state index contributed by atoms with van der Waals surface area (Å²) in [4.78, 5) is 16.4. The number of carbonyl (C=O) groups excluding carboxylic acids is 1. The number of hydrogen-bond acceptors (Lipinski definition) is 5. The topological polar surface area (TPSA) is 63.2 Å². The van der Waals surface area contributed by atoms with Crippen LogP contribution in [0.5, 0.6) is 5.75 Å². The lowest BCUT2D eigenvalue weighted by atomic mass is 10.2. The number of likely N-dealkylation sites (N-methyl/N-ethyl adjacent to an activating group) is 1. The molecule has 1 aromatic carbocycles. The molecule has 0 fully saturated rings. The molecule has 23 heavy (non-hydrogen) atoms. The Labute approximate surface area is 152 Å². The molecule has 0 saturated heterocycles. The summed E-state index contributed by atoms with van der Waals surface area (Å²) in [6.45, 7) is 2.58. The Morgan fingerprint density at radius 2 is 1.96 bits per heavy atom. The largest absolute Gasteiger partial charge is 0.497 e. The smallest absolute Gasteiger partial charge is 0.270 e. The maximum atomic E-state index is 12.0. The summed E-state index contributed by atoms with van der Waals surface area (Å²) in [5.41, 5.74) is 1.43. The van der Waals surface area contributed by atoms with Crippen molar-refractivity contribution in [2.45, 2.75) is 13.0 Å². The number of carbonyl (C=O) groups is 1. The van der Waals surface area contributed by atoms with Crippen LogP contribution in [0.3, 0.4) is 0 Å². The van der Waals surface area contributed by atoms with Gasteiger partial charge in [0.25, 0.3) is 5.91 Å². The Morgan fingerprint density at radius 1 is 1.30 bits per heavy atom. The monoisotopic (exact) mass is 377 g/mol. The molecule has 1 heterocycles. The van der Waals surface area contributed by atoms with E-state index in [0.717, 1.165) is 16.3 Å². The van der Waals surface area contributed by atoms with Crippen LogP contribution in [-0.2, 0) is 0 Å². The Balaban J connectivity index is 0.00000242. The zero-order valence-corrected chi connectivity index (χ0v) is 15.6. The summed E-state index contributed by atoms with van der Waals surface area (Å²) in [6, 6.07) is 7.86. The third-order valence-corrected chi connectivity index (χ3v) is 4.03. The van der Waals surface area contributed by atoms with Crippen LogP contribution >= 0.6 is 36.2 Å². The molecule has 1 atom stereocenters. The molecule has 0 bridgehead atoms. The van der Waals surface area contributed by atoms with Crippen molar-refractivity contribution in [3.63, 3.8) is 0 Å². The molecule has 8 heteroatoms. The lowest BCUT2D eigenvalue weighted by Crippen LogP contribution is -2.37. The highest BCUT2D eigenvalue weighted by atomic mass is 35.5. The number of hydrogen-bond donors (Lipinski definition) is 2. The molecule has 2 aromatic rings. The van der Waals surface area contributed by atoms with E-state index in [2.05, 4.69) is 15.6 Å². The molecule has 0 radical (unpaired) electrons. The fourth-order valence-corrected chi connectivity index (χ4v) is 2.49. The van der Waals surface area contributed by atoms with Crippen molar-refractivity contribution in [1.29, 1.82) is 0 Å². The van der Waals surface area contributed by atoms with E-state index in [1.807, 2.05) is 38.2 Å². The lowest BCUT2D eigenvalue weighted by Gasteiger charge is -2.10. The predicted molar refractivity (Wildman–Crippen MR) is 99.5 cm³/mol. The van der Waals surface area contributed by atoms with E-state index < -0.39 is 0 Å². The number of benzene rings is 1. The van der Waals surface area contributed by atoms with Gasteiger partial charge in [0.05, 0.1) is 7.11 Å². The Kier molecular flexibility index (Phi) is 9.83. The van der Waals surface area contributed by atoms with Crippen molar-refractivity contribution in [3.05, 3.63) is 35.3 Å². The van der Waals surface area contributed by atoms with E-state index in [-0.39, 0.29) is 36.8 Å². The summed E-state index contributed by atoms with van der Waals surface area (Å²) in [7, 11) is 3.49. The quantitative estimate of drug-likeness (QED) is 0.811. The van der Waals surface area contributed by atoms with Gasteiger partial charge in [-0.25, -0.2) is 4.98 Å². The van der Waals surface area contributed by atoms with Gasteiger partial charge in [-0.3, -0.25) is 4.79 Å². The number of amides is 1. The summed E-state index contributed by atoms with van der Waals surface area (Å²) in [5, 5.41) is 8.52. The van der Waals surface area contributed by atoms with Crippen molar-refractivity contribution in [1.82, 2.24) is 15.6 Å². The molecule has 2 N–H and O–H groups in total. The number of halogens is 2. The Bertz CT molecular complexity index is 605. The highest BCUT2D eigenvalue weighted by Gasteiger charge is 2.12. The first-order chi connectivity index (χ1) is 10.1. The highest BCUT2D eigenvalue weighted by molar-refractivity contribution is 7.13. The van der Waals surface area contributed by atoms with Crippen molar-refractivity contribution < 1.29 is 9.53 Å². The average Bonchev–Trinajstić information content (AvgIpc) is 3.02. The molecule has 0 aliphatic carbocycles. The number of nitrogens with one attached hydrogen (secondary N) is 2. The minimum atomic E-state index is -0.145. The van der Waals surface area contributed by atoms with Crippen LogP contribution in [0.1, 0.15) is 17.4 Å². The number of thiazole rings is 1. The Morgan fingerprint density at radius 3 is 2.52 bits per heavy atom. The lowest BCUT2D eigenvalue weighted by molar-refractivity contribution is 0.0946. The molecule has 1 aromatic heterocycles. The molecule has 0 saturated carbocycles. The summed E-state index contributed by atoms with van der Waals surface area (Å²) >= 11 is 1.46. The van der Waals surface area contributed by atoms with Gasteiger partial charge in [-0.05, 0) is 38.2 Å². The number of aromatic nitrogens is 1. The van der Waals surface area contributed by atoms with Gasteiger partial charge < -0.3 is 15.4 Å². The zero-order valence-electron chi connectivity index (χ0n) is 13.2. The summed E-state index contributed by atoms with van der Waals surface area (Å²) in [6.07, 6.45) is 0. The molecular formula is C15H21Cl2N3O2S.